The lowest BCUT2D eigenvalue weighted by molar-refractivity contribution is -0.274. The topological polar surface area (TPSA) is 93.7 Å². The molecule has 2 unspecified atom stereocenters. The molecule has 0 saturated heterocycles. The van der Waals surface area contributed by atoms with Gasteiger partial charge in [0.25, 0.3) is 0 Å². The second-order valence-electron chi connectivity index (χ2n) is 3.64. The number of rotatable bonds is 4. The molecule has 104 valence electrons. The van der Waals surface area contributed by atoms with Gasteiger partial charge in [0.15, 0.2) is 0 Å². The number of phenols is 1. The number of aromatic hydroxyl groups is 1. The normalized spacial score (nSPS) is 14.5. The Morgan fingerprint density at radius 3 is 2.42 bits per heavy atom. The maximum absolute atomic E-state index is 11.9. The van der Waals surface area contributed by atoms with E-state index in [-0.39, 0.29) is 12.0 Å². The zero-order chi connectivity index (χ0) is 14.6. The lowest BCUT2D eigenvalue weighted by Gasteiger charge is -2.17. The average Bonchev–Trinajstić information content (AvgIpc) is 2.26. The van der Waals surface area contributed by atoms with E-state index in [2.05, 4.69) is 4.74 Å². The molecule has 0 aliphatic rings. The van der Waals surface area contributed by atoms with Crippen LogP contribution in [0, 0.1) is 11.3 Å². The van der Waals surface area contributed by atoms with Gasteiger partial charge in [-0.15, -0.1) is 13.2 Å². The minimum Gasteiger partial charge on any atom is -0.507 e. The maximum atomic E-state index is 11.9. The second kappa shape index (κ2) is 5.77. The number of alkyl halides is 3. The first kappa shape index (κ1) is 15.1. The standard InChI is InChI=1S/C11H10F3NO4/c12-11(13,14)19-6-1-2-7(9(17)5-6)10(18)8(16)3-4-15/h1-2,5,8,10,16-18H,3H2. The van der Waals surface area contributed by atoms with Crippen molar-refractivity contribution < 1.29 is 33.2 Å². The fraction of sp³-hybridized carbons (Fsp3) is 0.364. The fourth-order valence-corrected chi connectivity index (χ4v) is 1.38. The first-order valence-corrected chi connectivity index (χ1v) is 5.06. The van der Waals surface area contributed by atoms with E-state index in [9.17, 15) is 28.5 Å². The predicted octanol–water partition coefficient (Wildman–Crippen LogP) is 1.60. The van der Waals surface area contributed by atoms with Crippen molar-refractivity contribution in [3.63, 3.8) is 0 Å². The van der Waals surface area contributed by atoms with Crippen molar-refractivity contribution >= 4 is 0 Å². The fourth-order valence-electron chi connectivity index (χ4n) is 1.38. The van der Waals surface area contributed by atoms with Crippen molar-refractivity contribution in [3.05, 3.63) is 23.8 Å². The molecule has 0 fully saturated rings. The Labute approximate surface area is 106 Å². The third kappa shape index (κ3) is 4.31. The summed E-state index contributed by atoms with van der Waals surface area (Å²) < 4.78 is 39.4. The highest BCUT2D eigenvalue weighted by molar-refractivity contribution is 5.41. The molecular formula is C11H10F3NO4. The molecular weight excluding hydrogens is 267 g/mol. The number of nitrogens with zero attached hydrogens (tertiary/aromatic N) is 1. The van der Waals surface area contributed by atoms with Gasteiger partial charge in [-0.05, 0) is 12.1 Å². The van der Waals surface area contributed by atoms with Crippen LogP contribution < -0.4 is 4.74 Å². The molecule has 1 aromatic rings. The van der Waals surface area contributed by atoms with Crippen LogP contribution in [0.4, 0.5) is 13.2 Å². The van der Waals surface area contributed by atoms with Gasteiger partial charge in [-0.1, -0.05) is 0 Å². The number of benzene rings is 1. The number of ether oxygens (including phenoxy) is 1. The summed E-state index contributed by atoms with van der Waals surface area (Å²) in [6.07, 6.45) is -8.32. The number of hydrogen-bond acceptors (Lipinski definition) is 5. The number of aliphatic hydroxyl groups is 2. The molecule has 2 atom stereocenters. The Bertz CT molecular complexity index is 484. The molecule has 0 bridgehead atoms. The lowest BCUT2D eigenvalue weighted by atomic mass is 10.0. The number of nitriles is 1. The average molecular weight is 277 g/mol. The Hall–Kier alpha value is -1.98. The number of hydrogen-bond donors (Lipinski definition) is 3. The summed E-state index contributed by atoms with van der Waals surface area (Å²) in [6, 6.07) is 4.13. The predicted molar refractivity (Wildman–Crippen MR) is 56.0 cm³/mol. The molecule has 1 rings (SSSR count). The molecule has 1 aromatic carbocycles. The molecule has 8 heteroatoms. The van der Waals surface area contributed by atoms with Crippen molar-refractivity contribution in [2.45, 2.75) is 25.0 Å². The molecule has 5 nitrogen and oxygen atoms in total. The van der Waals surface area contributed by atoms with Crippen LogP contribution in [-0.4, -0.2) is 27.8 Å². The van der Waals surface area contributed by atoms with Gasteiger partial charge in [0.1, 0.15) is 17.6 Å². The van der Waals surface area contributed by atoms with Crippen molar-refractivity contribution in [3.8, 4) is 17.6 Å². The van der Waals surface area contributed by atoms with Crippen LogP contribution in [0.3, 0.4) is 0 Å². The molecule has 19 heavy (non-hydrogen) atoms. The molecule has 0 spiro atoms. The van der Waals surface area contributed by atoms with Gasteiger partial charge in [-0.25, -0.2) is 0 Å². The zero-order valence-electron chi connectivity index (χ0n) is 9.42. The lowest BCUT2D eigenvalue weighted by Crippen LogP contribution is -2.18. The van der Waals surface area contributed by atoms with Gasteiger partial charge in [-0.2, -0.15) is 5.26 Å². The maximum Gasteiger partial charge on any atom is 0.573 e. The van der Waals surface area contributed by atoms with Crippen molar-refractivity contribution in [1.29, 1.82) is 5.26 Å². The van der Waals surface area contributed by atoms with Crippen LogP contribution in [-0.2, 0) is 0 Å². The summed E-state index contributed by atoms with van der Waals surface area (Å²) in [5.74, 6) is -1.33. The summed E-state index contributed by atoms with van der Waals surface area (Å²) in [6.45, 7) is 0. The first-order valence-electron chi connectivity index (χ1n) is 5.06. The number of aliphatic hydroxyl groups excluding tert-OH is 2. The summed E-state index contributed by atoms with van der Waals surface area (Å²) in [7, 11) is 0. The molecule has 0 aromatic heterocycles. The van der Waals surface area contributed by atoms with E-state index in [0.717, 1.165) is 12.1 Å². The molecule has 0 amide bonds. The van der Waals surface area contributed by atoms with Gasteiger partial charge >= 0.3 is 6.36 Å². The van der Waals surface area contributed by atoms with E-state index in [4.69, 9.17) is 5.26 Å². The third-order valence-electron chi connectivity index (χ3n) is 2.22. The van der Waals surface area contributed by atoms with Crippen LogP contribution in [0.5, 0.6) is 11.5 Å². The highest BCUT2D eigenvalue weighted by Gasteiger charge is 2.31. The van der Waals surface area contributed by atoms with Crippen molar-refractivity contribution in [2.24, 2.45) is 0 Å². The molecule has 0 aliphatic carbocycles. The van der Waals surface area contributed by atoms with Crippen LogP contribution in [0.1, 0.15) is 18.1 Å². The summed E-state index contributed by atoms with van der Waals surface area (Å²) in [5.41, 5.74) is -0.197. The van der Waals surface area contributed by atoms with E-state index >= 15 is 0 Å². The monoisotopic (exact) mass is 277 g/mol. The van der Waals surface area contributed by atoms with Crippen LogP contribution >= 0.6 is 0 Å². The molecule has 3 N–H and O–H groups in total. The minimum atomic E-state index is -4.90. The van der Waals surface area contributed by atoms with Crippen LogP contribution in [0.2, 0.25) is 0 Å². The van der Waals surface area contributed by atoms with E-state index in [1.807, 2.05) is 0 Å². The summed E-state index contributed by atoms with van der Waals surface area (Å²) in [5, 5.41) is 36.8. The van der Waals surface area contributed by atoms with Gasteiger partial charge in [0, 0.05) is 11.6 Å². The second-order valence-corrected chi connectivity index (χ2v) is 3.64. The highest BCUT2D eigenvalue weighted by Crippen LogP contribution is 2.32. The Morgan fingerprint density at radius 1 is 1.32 bits per heavy atom. The molecule has 0 saturated carbocycles. The van der Waals surface area contributed by atoms with Gasteiger partial charge in [0.05, 0.1) is 18.6 Å². The minimum absolute atomic E-state index is 0.197. The summed E-state index contributed by atoms with van der Waals surface area (Å²) in [4.78, 5) is 0. The van der Waals surface area contributed by atoms with Crippen molar-refractivity contribution in [2.75, 3.05) is 0 Å². The van der Waals surface area contributed by atoms with E-state index in [1.165, 1.54) is 0 Å². The number of halogens is 3. The quantitative estimate of drug-likeness (QED) is 0.777. The van der Waals surface area contributed by atoms with Crippen molar-refractivity contribution in [1.82, 2.24) is 0 Å². The highest BCUT2D eigenvalue weighted by atomic mass is 19.4. The smallest absolute Gasteiger partial charge is 0.507 e. The number of phenolic OH excluding ortho intramolecular Hbond substituents is 1. The van der Waals surface area contributed by atoms with E-state index < -0.39 is 30.1 Å². The molecule has 0 radical (unpaired) electrons. The Kier molecular flexibility index (Phi) is 4.58. The first-order chi connectivity index (χ1) is 8.74. The largest absolute Gasteiger partial charge is 0.573 e. The Morgan fingerprint density at radius 2 is 1.95 bits per heavy atom. The Balaban J connectivity index is 2.92. The van der Waals surface area contributed by atoms with E-state index in [1.54, 1.807) is 6.07 Å². The molecule has 0 aliphatic heterocycles. The molecule has 0 heterocycles. The SMILES string of the molecule is N#CCC(O)C(O)c1ccc(OC(F)(F)F)cc1O. The van der Waals surface area contributed by atoms with E-state index in [0.29, 0.717) is 6.07 Å². The van der Waals surface area contributed by atoms with Crippen LogP contribution in [0.15, 0.2) is 18.2 Å². The van der Waals surface area contributed by atoms with Gasteiger partial charge < -0.3 is 20.1 Å². The van der Waals surface area contributed by atoms with Gasteiger partial charge in [-0.3, -0.25) is 0 Å². The third-order valence-corrected chi connectivity index (χ3v) is 2.22. The van der Waals surface area contributed by atoms with Crippen LogP contribution in [0.25, 0.3) is 0 Å². The zero-order valence-corrected chi connectivity index (χ0v) is 9.42. The van der Waals surface area contributed by atoms with Gasteiger partial charge in [0.2, 0.25) is 0 Å². The summed E-state index contributed by atoms with van der Waals surface area (Å²) >= 11 is 0.